The van der Waals surface area contributed by atoms with Crippen molar-refractivity contribution in [2.75, 3.05) is 11.1 Å². The Kier molecular flexibility index (Phi) is 5.10. The number of nitrogens with one attached hydrogen (secondary N) is 1. The molecule has 2 aromatic rings. The van der Waals surface area contributed by atoms with E-state index in [1.165, 1.54) is 41.3 Å². The number of amides is 1. The van der Waals surface area contributed by atoms with Crippen molar-refractivity contribution < 1.29 is 9.72 Å². The zero-order valence-corrected chi connectivity index (χ0v) is 13.1. The predicted molar refractivity (Wildman–Crippen MR) is 82.1 cm³/mol. The second-order valence-electron chi connectivity index (χ2n) is 3.84. The second kappa shape index (κ2) is 6.83. The Morgan fingerprint density at radius 1 is 1.52 bits per heavy atom. The van der Waals surface area contributed by atoms with Gasteiger partial charge in [0, 0.05) is 11.1 Å². The molecule has 0 bridgehead atoms. The molecule has 0 aliphatic carbocycles. The zero-order valence-electron chi connectivity index (χ0n) is 10.7. The number of thioether (sulfide) groups is 1. The van der Waals surface area contributed by atoms with Gasteiger partial charge in [0.05, 0.1) is 10.7 Å². The topological polar surface area (TPSA) is 98.0 Å². The van der Waals surface area contributed by atoms with E-state index in [-0.39, 0.29) is 23.0 Å². The number of carbonyl (C=O) groups is 1. The number of carbonyl (C=O) groups excluding carboxylic acids is 1. The van der Waals surface area contributed by atoms with Gasteiger partial charge in [0.2, 0.25) is 5.91 Å². The molecule has 0 saturated carbocycles. The first kappa shape index (κ1) is 15.7. The molecule has 0 spiro atoms. The number of aromatic nitrogens is 2. The van der Waals surface area contributed by atoms with Gasteiger partial charge in [-0.3, -0.25) is 14.9 Å². The molecule has 0 aliphatic rings. The maximum Gasteiger partial charge on any atom is 0.292 e. The van der Waals surface area contributed by atoms with Gasteiger partial charge in [-0.25, -0.2) is 0 Å². The second-order valence-corrected chi connectivity index (χ2v) is 6.68. The van der Waals surface area contributed by atoms with Gasteiger partial charge >= 0.3 is 0 Å². The lowest BCUT2D eigenvalue weighted by molar-refractivity contribution is -0.383. The zero-order chi connectivity index (χ0) is 15.4. The molecule has 7 nitrogen and oxygen atoms in total. The Morgan fingerprint density at radius 3 is 2.90 bits per heavy atom. The first-order valence-electron chi connectivity index (χ1n) is 5.62. The number of nitrogens with zero attached hydrogens (tertiary/aromatic N) is 3. The van der Waals surface area contributed by atoms with Gasteiger partial charge in [0.25, 0.3) is 5.69 Å². The molecule has 0 saturated heterocycles. The highest BCUT2D eigenvalue weighted by molar-refractivity contribution is 8.01. The van der Waals surface area contributed by atoms with Crippen LogP contribution in [-0.2, 0) is 4.79 Å². The number of hydrogen-bond donors (Lipinski definition) is 1. The minimum absolute atomic E-state index is 0.0755. The fourth-order valence-electron chi connectivity index (χ4n) is 1.42. The van der Waals surface area contributed by atoms with Gasteiger partial charge in [-0.2, -0.15) is 0 Å². The van der Waals surface area contributed by atoms with Crippen molar-refractivity contribution in [3.63, 3.8) is 0 Å². The van der Waals surface area contributed by atoms with E-state index in [2.05, 4.69) is 15.5 Å². The summed E-state index contributed by atoms with van der Waals surface area (Å²) in [5, 5.41) is 22.2. The third-order valence-electron chi connectivity index (χ3n) is 2.26. The lowest BCUT2D eigenvalue weighted by Gasteiger charge is -2.05. The third-order valence-corrected chi connectivity index (χ3v) is 4.47. The number of aryl methyl sites for hydroxylation is 1. The van der Waals surface area contributed by atoms with Crippen LogP contribution in [0, 0.1) is 17.0 Å². The minimum atomic E-state index is -0.576. The molecular weight excluding hydrogens is 336 g/mol. The molecule has 1 heterocycles. The summed E-state index contributed by atoms with van der Waals surface area (Å²) in [5.74, 6) is -0.295. The van der Waals surface area contributed by atoms with E-state index in [1.54, 1.807) is 0 Å². The Balaban J connectivity index is 2.02. The largest absolute Gasteiger partial charge is 0.320 e. The van der Waals surface area contributed by atoms with Gasteiger partial charge in [0.1, 0.15) is 10.7 Å². The van der Waals surface area contributed by atoms with E-state index in [4.69, 9.17) is 11.6 Å². The van der Waals surface area contributed by atoms with Crippen LogP contribution in [0.1, 0.15) is 5.01 Å². The summed E-state index contributed by atoms with van der Waals surface area (Å²) in [6.07, 6.45) is 0. The molecule has 0 aliphatic heterocycles. The Labute approximate surface area is 132 Å². The fourth-order valence-corrected chi connectivity index (χ4v) is 3.21. The van der Waals surface area contributed by atoms with Crippen molar-refractivity contribution in [3.8, 4) is 0 Å². The molecule has 0 fully saturated rings. The molecule has 1 aromatic carbocycles. The Bertz CT molecular complexity index is 692. The summed E-state index contributed by atoms with van der Waals surface area (Å²) in [7, 11) is 0. The van der Waals surface area contributed by atoms with Crippen LogP contribution in [0.15, 0.2) is 22.5 Å². The van der Waals surface area contributed by atoms with Crippen LogP contribution >= 0.6 is 34.7 Å². The van der Waals surface area contributed by atoms with Gasteiger partial charge in [-0.15, -0.1) is 10.2 Å². The quantitative estimate of drug-likeness (QED) is 0.508. The fraction of sp³-hybridized carbons (Fsp3) is 0.182. The van der Waals surface area contributed by atoms with Crippen LogP contribution in [0.25, 0.3) is 0 Å². The summed E-state index contributed by atoms with van der Waals surface area (Å²) < 4.78 is 0.670. The van der Waals surface area contributed by atoms with Crippen molar-refractivity contribution in [1.29, 1.82) is 0 Å². The highest BCUT2D eigenvalue weighted by Crippen LogP contribution is 2.28. The summed E-state index contributed by atoms with van der Waals surface area (Å²) in [4.78, 5) is 22.1. The molecule has 1 aromatic heterocycles. The molecule has 1 N–H and O–H groups in total. The maximum atomic E-state index is 11.8. The first-order chi connectivity index (χ1) is 9.95. The number of hydrogen-bond acceptors (Lipinski definition) is 7. The number of halogens is 1. The predicted octanol–water partition coefficient (Wildman–Crippen LogP) is 3.14. The van der Waals surface area contributed by atoms with Crippen molar-refractivity contribution >= 4 is 52.0 Å². The number of anilines is 1. The van der Waals surface area contributed by atoms with Crippen LogP contribution in [-0.4, -0.2) is 26.8 Å². The van der Waals surface area contributed by atoms with Gasteiger partial charge < -0.3 is 5.32 Å². The number of rotatable bonds is 5. The molecule has 110 valence electrons. The summed E-state index contributed by atoms with van der Waals surface area (Å²) in [6, 6.07) is 3.99. The summed E-state index contributed by atoms with van der Waals surface area (Å²) in [6.45, 7) is 1.82. The number of benzene rings is 1. The minimum Gasteiger partial charge on any atom is -0.320 e. The lowest BCUT2D eigenvalue weighted by Crippen LogP contribution is -2.15. The molecule has 1 amide bonds. The van der Waals surface area contributed by atoms with Gasteiger partial charge in [-0.1, -0.05) is 34.7 Å². The molecule has 0 atom stereocenters. The molecule has 0 radical (unpaired) electrons. The van der Waals surface area contributed by atoms with Crippen LogP contribution in [0.4, 0.5) is 11.4 Å². The van der Waals surface area contributed by atoms with Crippen molar-refractivity contribution in [2.45, 2.75) is 11.3 Å². The van der Waals surface area contributed by atoms with E-state index >= 15 is 0 Å². The van der Waals surface area contributed by atoms with Crippen LogP contribution in [0.2, 0.25) is 5.02 Å². The smallest absolute Gasteiger partial charge is 0.292 e. The van der Waals surface area contributed by atoms with E-state index in [0.717, 1.165) is 5.01 Å². The number of nitro groups is 1. The third kappa shape index (κ3) is 4.38. The average Bonchev–Trinajstić information content (AvgIpc) is 2.82. The van der Waals surface area contributed by atoms with E-state index < -0.39 is 4.92 Å². The monoisotopic (exact) mass is 344 g/mol. The average molecular weight is 345 g/mol. The maximum absolute atomic E-state index is 11.8. The summed E-state index contributed by atoms with van der Waals surface area (Å²) >= 11 is 8.38. The molecule has 2 rings (SSSR count). The molecule has 0 unspecified atom stereocenters. The van der Waals surface area contributed by atoms with Crippen LogP contribution in [0.3, 0.4) is 0 Å². The Morgan fingerprint density at radius 2 is 2.29 bits per heavy atom. The van der Waals surface area contributed by atoms with Gasteiger partial charge in [0.15, 0.2) is 4.34 Å². The molecule has 10 heteroatoms. The van der Waals surface area contributed by atoms with Crippen LogP contribution in [0.5, 0.6) is 0 Å². The highest BCUT2D eigenvalue weighted by atomic mass is 35.5. The SMILES string of the molecule is Cc1nnc(SCC(=O)Nc2cc(Cl)ccc2[N+](=O)[O-])s1. The van der Waals surface area contributed by atoms with E-state index in [0.29, 0.717) is 9.36 Å². The molecule has 21 heavy (non-hydrogen) atoms. The lowest BCUT2D eigenvalue weighted by atomic mass is 10.2. The van der Waals surface area contributed by atoms with E-state index in [9.17, 15) is 14.9 Å². The van der Waals surface area contributed by atoms with Crippen LogP contribution < -0.4 is 5.32 Å². The van der Waals surface area contributed by atoms with Crippen molar-refractivity contribution in [1.82, 2.24) is 10.2 Å². The standard InChI is InChI=1S/C11H9ClN4O3S2/c1-6-14-15-11(21-6)20-5-10(17)13-8-4-7(12)2-3-9(8)16(18)19/h2-4H,5H2,1H3,(H,13,17). The van der Waals surface area contributed by atoms with Crippen molar-refractivity contribution in [3.05, 3.63) is 38.3 Å². The van der Waals surface area contributed by atoms with Crippen molar-refractivity contribution in [2.24, 2.45) is 0 Å². The first-order valence-corrected chi connectivity index (χ1v) is 7.80. The molecular formula is C11H9ClN4O3S2. The van der Waals surface area contributed by atoms with E-state index in [1.807, 2.05) is 6.92 Å². The number of nitro benzene ring substituents is 1. The Hall–Kier alpha value is -1.71. The van der Waals surface area contributed by atoms with Gasteiger partial charge in [-0.05, 0) is 19.1 Å². The summed E-state index contributed by atoms with van der Waals surface area (Å²) in [5.41, 5.74) is -0.129. The normalized spacial score (nSPS) is 10.4. The highest BCUT2D eigenvalue weighted by Gasteiger charge is 2.16.